The topological polar surface area (TPSA) is 55.3 Å². The molecule has 1 aromatic rings. The predicted molar refractivity (Wildman–Crippen MR) is 91.3 cm³/mol. The van der Waals surface area contributed by atoms with E-state index in [1.165, 1.54) is 0 Å². The molecule has 1 aliphatic rings. The van der Waals surface area contributed by atoms with Crippen LogP contribution in [0, 0.1) is 0 Å². The third-order valence-corrected chi connectivity index (χ3v) is 3.65. The van der Waals surface area contributed by atoms with Gasteiger partial charge >= 0.3 is 0 Å². The van der Waals surface area contributed by atoms with Gasteiger partial charge in [-0.05, 0) is 18.6 Å². The van der Waals surface area contributed by atoms with Gasteiger partial charge in [-0.1, -0.05) is 50.1 Å². The van der Waals surface area contributed by atoms with Crippen LogP contribution in [0.1, 0.15) is 12.5 Å². The van der Waals surface area contributed by atoms with Crippen LogP contribution >= 0.6 is 0 Å². The summed E-state index contributed by atoms with van der Waals surface area (Å²) in [5, 5.41) is 0. The summed E-state index contributed by atoms with van der Waals surface area (Å²) < 4.78 is 0. The molecule has 0 saturated carbocycles. The third-order valence-electron chi connectivity index (χ3n) is 3.65. The van der Waals surface area contributed by atoms with Gasteiger partial charge in [0.05, 0.1) is 17.1 Å². The molecular formula is C18H21N3. The molecule has 0 saturated heterocycles. The average Bonchev–Trinajstić information content (AvgIpc) is 2.48. The van der Waals surface area contributed by atoms with Crippen molar-refractivity contribution in [2.24, 2.45) is 11.5 Å². The Morgan fingerprint density at radius 1 is 1.14 bits per heavy atom. The molecule has 21 heavy (non-hydrogen) atoms. The maximum atomic E-state index is 6.29. The van der Waals surface area contributed by atoms with Crippen LogP contribution in [0.2, 0.25) is 0 Å². The zero-order valence-corrected chi connectivity index (χ0v) is 12.4. The lowest BCUT2D eigenvalue weighted by molar-refractivity contribution is 0.972. The maximum Gasteiger partial charge on any atom is 0.0648 e. The van der Waals surface area contributed by atoms with Crippen LogP contribution in [-0.2, 0) is 0 Å². The second-order valence-electron chi connectivity index (χ2n) is 5.01. The molecule has 0 aliphatic carbocycles. The molecule has 0 amide bonds. The lowest BCUT2D eigenvalue weighted by atomic mass is 9.96. The van der Waals surface area contributed by atoms with Crippen LogP contribution in [-0.4, -0.2) is 6.54 Å². The molecule has 0 radical (unpaired) electrons. The van der Waals surface area contributed by atoms with E-state index >= 15 is 0 Å². The van der Waals surface area contributed by atoms with Gasteiger partial charge in [-0.15, -0.1) is 0 Å². The van der Waals surface area contributed by atoms with Gasteiger partial charge in [-0.2, -0.15) is 0 Å². The maximum absolute atomic E-state index is 6.29. The minimum atomic E-state index is 0.536. The van der Waals surface area contributed by atoms with E-state index in [0.717, 1.165) is 28.1 Å². The fourth-order valence-corrected chi connectivity index (χ4v) is 2.50. The van der Waals surface area contributed by atoms with Crippen LogP contribution in [0.4, 0.5) is 5.69 Å². The Hall–Kier alpha value is -2.68. The van der Waals surface area contributed by atoms with Crippen molar-refractivity contribution >= 4 is 11.4 Å². The molecule has 108 valence electrons. The lowest BCUT2D eigenvalue weighted by Gasteiger charge is -2.31. The molecule has 1 heterocycles. The number of allylic oxidation sites excluding steroid dienone is 2. The Kier molecular flexibility index (Phi) is 4.03. The van der Waals surface area contributed by atoms with Crippen molar-refractivity contribution in [2.45, 2.75) is 6.92 Å². The van der Waals surface area contributed by atoms with Gasteiger partial charge in [0.15, 0.2) is 0 Å². The zero-order chi connectivity index (χ0) is 15.6. The summed E-state index contributed by atoms with van der Waals surface area (Å²) in [6, 6.07) is 7.91. The monoisotopic (exact) mass is 279 g/mol. The Bertz CT molecular complexity index is 677. The van der Waals surface area contributed by atoms with Gasteiger partial charge in [-0.25, -0.2) is 0 Å². The van der Waals surface area contributed by atoms with Crippen molar-refractivity contribution in [1.29, 1.82) is 0 Å². The molecule has 0 aromatic heterocycles. The van der Waals surface area contributed by atoms with Gasteiger partial charge in [0.25, 0.3) is 0 Å². The molecule has 0 unspecified atom stereocenters. The van der Waals surface area contributed by atoms with Crippen molar-refractivity contribution < 1.29 is 0 Å². The predicted octanol–water partition coefficient (Wildman–Crippen LogP) is 3.29. The van der Waals surface area contributed by atoms with Crippen LogP contribution in [0.3, 0.4) is 0 Å². The third kappa shape index (κ3) is 2.50. The fourth-order valence-electron chi connectivity index (χ4n) is 2.50. The summed E-state index contributed by atoms with van der Waals surface area (Å²) in [6.45, 7) is 14.4. The van der Waals surface area contributed by atoms with Gasteiger partial charge in [0, 0.05) is 23.4 Å². The van der Waals surface area contributed by atoms with E-state index < -0.39 is 0 Å². The first-order valence-electron chi connectivity index (χ1n) is 6.77. The Morgan fingerprint density at radius 3 is 2.38 bits per heavy atom. The molecule has 4 N–H and O–H groups in total. The number of rotatable bonds is 3. The smallest absolute Gasteiger partial charge is 0.0648 e. The van der Waals surface area contributed by atoms with E-state index in [1.807, 2.05) is 31.2 Å². The van der Waals surface area contributed by atoms with Crippen molar-refractivity contribution in [3.05, 3.63) is 84.3 Å². The first kappa shape index (κ1) is 14.7. The molecule has 0 spiro atoms. The van der Waals surface area contributed by atoms with E-state index in [2.05, 4.69) is 24.6 Å². The summed E-state index contributed by atoms with van der Waals surface area (Å²) in [7, 11) is 0. The lowest BCUT2D eigenvalue weighted by Crippen LogP contribution is -2.28. The summed E-state index contributed by atoms with van der Waals surface area (Å²) in [5.41, 5.74) is 18.2. The minimum Gasteiger partial charge on any atom is -0.397 e. The highest BCUT2D eigenvalue weighted by Crippen LogP contribution is 2.33. The first-order chi connectivity index (χ1) is 10.0. The first-order valence-corrected chi connectivity index (χ1v) is 6.77. The normalized spacial score (nSPS) is 22.0. The average molecular weight is 279 g/mol. The van der Waals surface area contributed by atoms with Crippen molar-refractivity contribution in [3.63, 3.8) is 0 Å². The molecule has 0 fully saturated rings. The van der Waals surface area contributed by atoms with E-state index in [4.69, 9.17) is 11.5 Å². The van der Waals surface area contributed by atoms with Crippen molar-refractivity contribution in [2.75, 3.05) is 11.4 Å². The summed E-state index contributed by atoms with van der Waals surface area (Å²) in [5.74, 6) is 0. The highest BCUT2D eigenvalue weighted by molar-refractivity contribution is 5.82. The molecule has 3 heteroatoms. The van der Waals surface area contributed by atoms with E-state index in [0.29, 0.717) is 17.9 Å². The van der Waals surface area contributed by atoms with Crippen LogP contribution in [0.5, 0.6) is 0 Å². The quantitative estimate of drug-likeness (QED) is 0.892. The van der Waals surface area contributed by atoms with E-state index in [9.17, 15) is 0 Å². The summed E-state index contributed by atoms with van der Waals surface area (Å²) >= 11 is 0. The number of hydrogen-bond acceptors (Lipinski definition) is 3. The number of benzene rings is 1. The highest BCUT2D eigenvalue weighted by atomic mass is 15.1. The van der Waals surface area contributed by atoms with Gasteiger partial charge in [0.2, 0.25) is 0 Å². The number of hydrogen-bond donors (Lipinski definition) is 2. The fraction of sp³-hybridized carbons (Fsp3) is 0.111. The van der Waals surface area contributed by atoms with Crippen molar-refractivity contribution in [3.8, 4) is 0 Å². The van der Waals surface area contributed by atoms with E-state index in [1.54, 1.807) is 12.2 Å². The van der Waals surface area contributed by atoms with Crippen LogP contribution in [0.15, 0.2) is 78.7 Å². The standard InChI is InChI=1S/C18H21N3/c1-5-13-11-21(12(3)4)16-10-8-7-9-15(16)18(20)17(19)14(13)6-2/h5-10H,1-3,11,19-20H2,4H3/b14-13-,18-17-. The Morgan fingerprint density at radius 2 is 1.81 bits per heavy atom. The van der Waals surface area contributed by atoms with E-state index in [-0.39, 0.29) is 0 Å². The SMILES string of the molecule is C=C/C1=C(C=C)/C(N)=C(/N)c2ccccc2N(C(=C)C)C1. The molecule has 3 nitrogen and oxygen atoms in total. The molecule has 1 aliphatic heterocycles. The largest absolute Gasteiger partial charge is 0.397 e. The number of nitrogens with zero attached hydrogens (tertiary/aromatic N) is 1. The van der Waals surface area contributed by atoms with Crippen LogP contribution in [0.25, 0.3) is 5.70 Å². The molecule has 0 atom stereocenters. The van der Waals surface area contributed by atoms with Gasteiger partial charge in [-0.3, -0.25) is 0 Å². The number of anilines is 1. The Balaban J connectivity index is 2.82. The summed E-state index contributed by atoms with van der Waals surface area (Å²) in [4.78, 5) is 2.11. The van der Waals surface area contributed by atoms with Crippen LogP contribution < -0.4 is 16.4 Å². The molecular weight excluding hydrogens is 258 g/mol. The number of para-hydroxylation sites is 1. The molecule has 0 bridgehead atoms. The van der Waals surface area contributed by atoms with Gasteiger partial charge < -0.3 is 16.4 Å². The second kappa shape index (κ2) is 5.75. The van der Waals surface area contributed by atoms with Crippen molar-refractivity contribution in [1.82, 2.24) is 0 Å². The minimum absolute atomic E-state index is 0.536. The highest BCUT2D eigenvalue weighted by Gasteiger charge is 2.21. The van der Waals surface area contributed by atoms with Gasteiger partial charge in [0.1, 0.15) is 0 Å². The molecule has 2 rings (SSSR count). The zero-order valence-electron chi connectivity index (χ0n) is 12.4. The summed E-state index contributed by atoms with van der Waals surface area (Å²) in [6.07, 6.45) is 3.52. The number of nitrogens with two attached hydrogens (primary N) is 2. The Labute approximate surface area is 126 Å². The second-order valence-corrected chi connectivity index (χ2v) is 5.01. The number of fused-ring (bicyclic) bond motifs is 1. The molecule has 1 aromatic carbocycles.